The number of hydrogen-bond acceptors (Lipinski definition) is 3. The standard InChI is InChI=1S/C18H24N2O2/c1-12-7-8-20(16(12)11-21)18(22)17(19-2)15-9-13-5-3-4-6-14(13)10-15/h3-6,11-12,15-17,19H,7-10H2,1-2H3/t12-,16?,17?/m0/s1. The molecule has 0 saturated carbocycles. The van der Waals surface area contributed by atoms with Crippen molar-refractivity contribution in [3.05, 3.63) is 35.4 Å². The Hall–Kier alpha value is -1.68. The molecule has 1 aliphatic carbocycles. The number of fused-ring (bicyclic) bond motifs is 1. The van der Waals surface area contributed by atoms with Crippen LogP contribution in [0, 0.1) is 11.8 Å². The van der Waals surface area contributed by atoms with Crippen LogP contribution in [0.5, 0.6) is 0 Å². The number of carbonyl (C=O) groups excluding carboxylic acids is 2. The monoisotopic (exact) mass is 300 g/mol. The van der Waals surface area contributed by atoms with Crippen molar-refractivity contribution in [1.82, 2.24) is 10.2 Å². The van der Waals surface area contributed by atoms with E-state index >= 15 is 0 Å². The summed E-state index contributed by atoms with van der Waals surface area (Å²) < 4.78 is 0. The molecule has 0 aromatic heterocycles. The van der Waals surface area contributed by atoms with E-state index in [1.165, 1.54) is 11.1 Å². The van der Waals surface area contributed by atoms with Crippen LogP contribution in [0.15, 0.2) is 24.3 Å². The van der Waals surface area contributed by atoms with Crippen LogP contribution in [0.4, 0.5) is 0 Å². The Balaban J connectivity index is 1.75. The summed E-state index contributed by atoms with van der Waals surface area (Å²) in [6.07, 6.45) is 3.72. The van der Waals surface area contributed by atoms with Crippen LogP contribution in [-0.2, 0) is 22.4 Å². The molecule has 118 valence electrons. The van der Waals surface area contributed by atoms with Gasteiger partial charge in [0.2, 0.25) is 5.91 Å². The fourth-order valence-corrected chi connectivity index (χ4v) is 4.00. The molecule has 2 aliphatic rings. The molecule has 0 spiro atoms. The van der Waals surface area contributed by atoms with Crippen LogP contribution >= 0.6 is 0 Å². The van der Waals surface area contributed by atoms with Gasteiger partial charge in [-0.05, 0) is 49.3 Å². The Morgan fingerprint density at radius 1 is 1.32 bits per heavy atom. The van der Waals surface area contributed by atoms with Crippen LogP contribution < -0.4 is 5.32 Å². The molecular weight excluding hydrogens is 276 g/mol. The third-order valence-electron chi connectivity index (χ3n) is 5.32. The van der Waals surface area contributed by atoms with Crippen LogP contribution in [-0.4, -0.2) is 42.8 Å². The number of amides is 1. The highest BCUT2D eigenvalue weighted by molar-refractivity contribution is 5.85. The number of benzene rings is 1. The second-order valence-electron chi connectivity index (χ2n) is 6.63. The molecule has 3 atom stereocenters. The molecule has 1 amide bonds. The predicted molar refractivity (Wildman–Crippen MR) is 85.5 cm³/mol. The summed E-state index contributed by atoms with van der Waals surface area (Å²) in [6.45, 7) is 2.74. The van der Waals surface area contributed by atoms with E-state index in [9.17, 15) is 9.59 Å². The largest absolute Gasteiger partial charge is 0.331 e. The number of carbonyl (C=O) groups is 2. The Morgan fingerprint density at radius 3 is 2.50 bits per heavy atom. The fraction of sp³-hybridized carbons (Fsp3) is 0.556. The minimum atomic E-state index is -0.257. The third-order valence-corrected chi connectivity index (χ3v) is 5.32. The van der Waals surface area contributed by atoms with Crippen molar-refractivity contribution in [2.75, 3.05) is 13.6 Å². The number of aldehydes is 1. The van der Waals surface area contributed by atoms with Crippen molar-refractivity contribution in [3.8, 4) is 0 Å². The molecule has 1 aromatic rings. The lowest BCUT2D eigenvalue weighted by Crippen LogP contribution is -2.52. The van der Waals surface area contributed by atoms with Crippen molar-refractivity contribution in [2.24, 2.45) is 11.8 Å². The van der Waals surface area contributed by atoms with E-state index in [4.69, 9.17) is 0 Å². The molecule has 4 nitrogen and oxygen atoms in total. The molecule has 1 aromatic carbocycles. The SMILES string of the molecule is CNC(C(=O)N1CC[C@H](C)C1C=O)C1Cc2ccccc2C1. The molecule has 1 saturated heterocycles. The number of likely N-dealkylation sites (N-methyl/N-ethyl adjacent to an activating group) is 1. The lowest BCUT2D eigenvalue weighted by Gasteiger charge is -2.30. The van der Waals surface area contributed by atoms with Gasteiger partial charge in [-0.15, -0.1) is 0 Å². The summed E-state index contributed by atoms with van der Waals surface area (Å²) >= 11 is 0. The highest BCUT2D eigenvalue weighted by atomic mass is 16.2. The van der Waals surface area contributed by atoms with E-state index in [-0.39, 0.29) is 29.8 Å². The fourth-order valence-electron chi connectivity index (χ4n) is 4.00. The van der Waals surface area contributed by atoms with E-state index in [1.807, 2.05) is 14.0 Å². The van der Waals surface area contributed by atoms with Gasteiger partial charge in [-0.3, -0.25) is 4.79 Å². The predicted octanol–water partition coefficient (Wildman–Crippen LogP) is 1.43. The second-order valence-corrected chi connectivity index (χ2v) is 6.63. The normalized spacial score (nSPS) is 26.0. The summed E-state index contributed by atoms with van der Waals surface area (Å²) in [5, 5.41) is 3.21. The molecule has 4 heteroatoms. The van der Waals surface area contributed by atoms with Gasteiger partial charge in [-0.1, -0.05) is 31.2 Å². The van der Waals surface area contributed by atoms with Crippen LogP contribution in [0.25, 0.3) is 0 Å². The maximum Gasteiger partial charge on any atom is 0.240 e. The molecule has 2 unspecified atom stereocenters. The molecule has 1 aliphatic heterocycles. The number of nitrogens with one attached hydrogen (secondary N) is 1. The van der Waals surface area contributed by atoms with Gasteiger partial charge in [-0.25, -0.2) is 0 Å². The van der Waals surface area contributed by atoms with Crippen LogP contribution in [0.3, 0.4) is 0 Å². The zero-order chi connectivity index (χ0) is 15.7. The lowest BCUT2D eigenvalue weighted by atomic mass is 9.95. The van der Waals surface area contributed by atoms with Gasteiger partial charge in [0.25, 0.3) is 0 Å². The molecule has 0 radical (unpaired) electrons. The Morgan fingerprint density at radius 2 is 1.95 bits per heavy atom. The number of likely N-dealkylation sites (tertiary alicyclic amines) is 1. The quantitative estimate of drug-likeness (QED) is 0.856. The maximum atomic E-state index is 12.9. The smallest absolute Gasteiger partial charge is 0.240 e. The maximum absolute atomic E-state index is 12.9. The molecule has 1 N–H and O–H groups in total. The van der Waals surface area contributed by atoms with Crippen molar-refractivity contribution in [1.29, 1.82) is 0 Å². The van der Waals surface area contributed by atoms with E-state index < -0.39 is 0 Å². The average Bonchev–Trinajstić information content (AvgIpc) is 3.10. The molecule has 22 heavy (non-hydrogen) atoms. The summed E-state index contributed by atoms with van der Waals surface area (Å²) in [4.78, 5) is 26.0. The first-order chi connectivity index (χ1) is 10.7. The first-order valence-corrected chi connectivity index (χ1v) is 8.15. The molecule has 1 fully saturated rings. The minimum Gasteiger partial charge on any atom is -0.331 e. The molecule has 3 rings (SSSR count). The molecule has 0 bridgehead atoms. The van der Waals surface area contributed by atoms with Crippen molar-refractivity contribution < 1.29 is 9.59 Å². The van der Waals surface area contributed by atoms with Gasteiger partial charge < -0.3 is 15.0 Å². The van der Waals surface area contributed by atoms with Crippen molar-refractivity contribution in [3.63, 3.8) is 0 Å². The zero-order valence-corrected chi connectivity index (χ0v) is 13.3. The summed E-state index contributed by atoms with van der Waals surface area (Å²) in [5.74, 6) is 0.625. The third kappa shape index (κ3) is 2.56. The van der Waals surface area contributed by atoms with E-state index in [2.05, 4.69) is 29.6 Å². The highest BCUT2D eigenvalue weighted by Gasteiger charge is 2.40. The zero-order valence-electron chi connectivity index (χ0n) is 13.3. The summed E-state index contributed by atoms with van der Waals surface area (Å²) in [6, 6.07) is 7.95. The van der Waals surface area contributed by atoms with E-state index in [0.717, 1.165) is 25.5 Å². The van der Waals surface area contributed by atoms with Gasteiger partial charge in [0.1, 0.15) is 6.29 Å². The highest BCUT2D eigenvalue weighted by Crippen LogP contribution is 2.31. The summed E-state index contributed by atoms with van der Waals surface area (Å²) in [5.41, 5.74) is 2.70. The first kappa shape index (κ1) is 15.2. The van der Waals surface area contributed by atoms with Gasteiger partial charge >= 0.3 is 0 Å². The first-order valence-electron chi connectivity index (χ1n) is 8.15. The Labute approximate surface area is 131 Å². The van der Waals surface area contributed by atoms with Crippen molar-refractivity contribution >= 4 is 12.2 Å². The molecular formula is C18H24N2O2. The minimum absolute atomic E-state index is 0.0850. The average molecular weight is 300 g/mol. The lowest BCUT2D eigenvalue weighted by molar-refractivity contribution is -0.138. The van der Waals surface area contributed by atoms with Gasteiger partial charge in [0, 0.05) is 6.54 Å². The Kier molecular flexibility index (Phi) is 4.30. The van der Waals surface area contributed by atoms with Crippen molar-refractivity contribution in [2.45, 2.75) is 38.3 Å². The van der Waals surface area contributed by atoms with E-state index in [0.29, 0.717) is 6.54 Å². The van der Waals surface area contributed by atoms with Gasteiger partial charge in [0.15, 0.2) is 0 Å². The van der Waals surface area contributed by atoms with Crippen LogP contribution in [0.1, 0.15) is 24.5 Å². The van der Waals surface area contributed by atoms with Gasteiger partial charge in [-0.2, -0.15) is 0 Å². The number of nitrogens with zero attached hydrogens (tertiary/aromatic N) is 1. The second kappa shape index (κ2) is 6.21. The molecule has 1 heterocycles. The number of hydrogen-bond donors (Lipinski definition) is 1. The number of rotatable bonds is 4. The van der Waals surface area contributed by atoms with Gasteiger partial charge in [0.05, 0.1) is 12.1 Å². The summed E-state index contributed by atoms with van der Waals surface area (Å²) in [7, 11) is 1.85. The Bertz CT molecular complexity index is 547. The van der Waals surface area contributed by atoms with Crippen LogP contribution in [0.2, 0.25) is 0 Å². The van der Waals surface area contributed by atoms with E-state index in [1.54, 1.807) is 4.90 Å². The topological polar surface area (TPSA) is 49.4 Å².